The third-order valence-corrected chi connectivity index (χ3v) is 4.29. The summed E-state index contributed by atoms with van der Waals surface area (Å²) in [5.74, 6) is 1.35. The number of hydrogen-bond donors (Lipinski definition) is 1. The van der Waals surface area contributed by atoms with Gasteiger partial charge in [-0.2, -0.15) is 4.37 Å². The molecule has 0 aliphatic heterocycles. The lowest BCUT2D eigenvalue weighted by Gasteiger charge is -2.04. The van der Waals surface area contributed by atoms with Crippen molar-refractivity contribution in [3.05, 3.63) is 29.1 Å². The topological polar surface area (TPSA) is 42.0 Å². The van der Waals surface area contributed by atoms with Crippen LogP contribution in [0.15, 0.2) is 23.6 Å². The van der Waals surface area contributed by atoms with Crippen molar-refractivity contribution in [1.29, 1.82) is 0 Å². The van der Waals surface area contributed by atoms with Gasteiger partial charge in [-0.25, -0.2) is 0 Å². The molecular weight excluding hydrogens is 244 g/mol. The zero-order valence-corrected chi connectivity index (χ0v) is 11.2. The van der Waals surface area contributed by atoms with Gasteiger partial charge in [-0.15, -0.1) is 0 Å². The van der Waals surface area contributed by atoms with Gasteiger partial charge in [0.05, 0.1) is 5.52 Å². The van der Waals surface area contributed by atoms with Crippen molar-refractivity contribution < 1.29 is 4.79 Å². The van der Waals surface area contributed by atoms with Gasteiger partial charge in [-0.05, 0) is 41.4 Å². The van der Waals surface area contributed by atoms with Gasteiger partial charge in [-0.1, -0.05) is 19.1 Å². The van der Waals surface area contributed by atoms with Gasteiger partial charge < -0.3 is 5.32 Å². The van der Waals surface area contributed by atoms with E-state index < -0.39 is 0 Å². The molecule has 1 fully saturated rings. The molecule has 1 heterocycles. The Hall–Kier alpha value is -1.42. The molecule has 3 nitrogen and oxygen atoms in total. The molecule has 1 saturated carbocycles. The predicted octanol–water partition coefficient (Wildman–Crippen LogP) is 2.93. The van der Waals surface area contributed by atoms with Crippen LogP contribution in [0.3, 0.4) is 0 Å². The first-order chi connectivity index (χ1) is 8.79. The van der Waals surface area contributed by atoms with E-state index >= 15 is 0 Å². The van der Waals surface area contributed by atoms with Crippen molar-refractivity contribution in [3.8, 4) is 0 Å². The smallest absolute Gasteiger partial charge is 0.219 e. The number of amides is 1. The lowest BCUT2D eigenvalue weighted by Crippen LogP contribution is -2.24. The SMILES string of the molecule is CCC(=O)NCC1CC1c1cccc2nscc12. The third kappa shape index (κ3) is 2.12. The second kappa shape index (κ2) is 4.69. The predicted molar refractivity (Wildman–Crippen MR) is 73.8 cm³/mol. The van der Waals surface area contributed by atoms with E-state index in [-0.39, 0.29) is 5.91 Å². The van der Waals surface area contributed by atoms with E-state index in [2.05, 4.69) is 33.3 Å². The van der Waals surface area contributed by atoms with Gasteiger partial charge in [-0.3, -0.25) is 4.79 Å². The van der Waals surface area contributed by atoms with Crippen LogP contribution in [0.1, 0.15) is 31.2 Å². The lowest BCUT2D eigenvalue weighted by molar-refractivity contribution is -0.120. The molecule has 2 atom stereocenters. The summed E-state index contributed by atoms with van der Waals surface area (Å²) in [6.45, 7) is 2.70. The Morgan fingerprint density at radius 3 is 3.28 bits per heavy atom. The highest BCUT2D eigenvalue weighted by Gasteiger charge is 2.39. The van der Waals surface area contributed by atoms with Crippen molar-refractivity contribution in [2.75, 3.05) is 6.54 Å². The summed E-state index contributed by atoms with van der Waals surface area (Å²) >= 11 is 1.52. The molecule has 1 N–H and O–H groups in total. The van der Waals surface area contributed by atoms with Crippen LogP contribution in [0.4, 0.5) is 0 Å². The van der Waals surface area contributed by atoms with Gasteiger partial charge in [0, 0.05) is 23.7 Å². The monoisotopic (exact) mass is 260 g/mol. The Bertz CT molecular complexity index is 578. The Kier molecular flexibility index (Phi) is 3.04. The normalized spacial score (nSPS) is 22.1. The first-order valence-electron chi connectivity index (χ1n) is 6.39. The first kappa shape index (κ1) is 11.7. The molecule has 1 amide bonds. The summed E-state index contributed by atoms with van der Waals surface area (Å²) in [6.07, 6.45) is 1.75. The fourth-order valence-corrected chi connectivity index (χ4v) is 3.15. The van der Waals surface area contributed by atoms with E-state index in [1.165, 1.54) is 28.9 Å². The molecule has 0 spiro atoms. The van der Waals surface area contributed by atoms with Crippen LogP contribution in [0.25, 0.3) is 10.9 Å². The number of hydrogen-bond acceptors (Lipinski definition) is 3. The zero-order chi connectivity index (χ0) is 12.5. The second-order valence-corrected chi connectivity index (χ2v) is 5.48. The van der Waals surface area contributed by atoms with Crippen LogP contribution in [0.5, 0.6) is 0 Å². The zero-order valence-electron chi connectivity index (χ0n) is 10.3. The lowest BCUT2D eigenvalue weighted by atomic mass is 10.1. The van der Waals surface area contributed by atoms with Crippen molar-refractivity contribution in [2.45, 2.75) is 25.7 Å². The summed E-state index contributed by atoms with van der Waals surface area (Å²) in [5.41, 5.74) is 2.50. The maximum absolute atomic E-state index is 11.2. The highest BCUT2D eigenvalue weighted by Crippen LogP contribution is 2.49. The summed E-state index contributed by atoms with van der Waals surface area (Å²) in [7, 11) is 0. The van der Waals surface area contributed by atoms with E-state index in [0.717, 1.165) is 12.1 Å². The molecule has 3 rings (SSSR count). The average molecular weight is 260 g/mol. The van der Waals surface area contributed by atoms with E-state index in [9.17, 15) is 4.79 Å². The van der Waals surface area contributed by atoms with Gasteiger partial charge in [0.2, 0.25) is 5.91 Å². The molecule has 18 heavy (non-hydrogen) atoms. The number of rotatable bonds is 4. The van der Waals surface area contributed by atoms with Crippen LogP contribution < -0.4 is 5.32 Å². The van der Waals surface area contributed by atoms with E-state index in [1.807, 2.05) is 6.92 Å². The minimum atomic E-state index is 0.149. The highest BCUT2D eigenvalue weighted by atomic mass is 32.1. The minimum absolute atomic E-state index is 0.149. The Morgan fingerprint density at radius 2 is 2.44 bits per heavy atom. The molecule has 0 radical (unpaired) electrons. The van der Waals surface area contributed by atoms with Crippen LogP contribution in [-0.4, -0.2) is 16.8 Å². The van der Waals surface area contributed by atoms with Gasteiger partial charge in [0.1, 0.15) is 0 Å². The summed E-state index contributed by atoms with van der Waals surface area (Å²) < 4.78 is 4.37. The van der Waals surface area contributed by atoms with Crippen LogP contribution >= 0.6 is 11.5 Å². The fourth-order valence-electron chi connectivity index (χ4n) is 2.46. The van der Waals surface area contributed by atoms with Crippen LogP contribution in [-0.2, 0) is 4.79 Å². The number of aromatic nitrogens is 1. The number of benzene rings is 1. The van der Waals surface area contributed by atoms with Crippen molar-refractivity contribution in [2.24, 2.45) is 5.92 Å². The largest absolute Gasteiger partial charge is 0.356 e. The third-order valence-electron chi connectivity index (χ3n) is 3.64. The highest BCUT2D eigenvalue weighted by molar-refractivity contribution is 7.04. The maximum atomic E-state index is 11.2. The van der Waals surface area contributed by atoms with E-state index in [1.54, 1.807) is 0 Å². The Labute approximate surface area is 110 Å². The Balaban J connectivity index is 1.70. The Morgan fingerprint density at radius 1 is 1.56 bits per heavy atom. The van der Waals surface area contributed by atoms with Crippen molar-refractivity contribution in [3.63, 3.8) is 0 Å². The number of carbonyl (C=O) groups is 1. The number of carbonyl (C=O) groups excluding carboxylic acids is 1. The molecule has 1 aromatic carbocycles. The number of fused-ring (bicyclic) bond motifs is 1. The second-order valence-electron chi connectivity index (χ2n) is 4.85. The fraction of sp³-hybridized carbons (Fsp3) is 0.429. The van der Waals surface area contributed by atoms with Crippen LogP contribution in [0, 0.1) is 5.92 Å². The standard InChI is InChI=1S/C14H16N2OS/c1-2-14(17)15-7-9-6-11(9)10-4-3-5-13-12(10)8-18-16-13/h3-5,8-9,11H,2,6-7H2,1H3,(H,15,17). The molecule has 1 aliphatic rings. The summed E-state index contributed by atoms with van der Waals surface area (Å²) in [4.78, 5) is 11.2. The summed E-state index contributed by atoms with van der Waals surface area (Å²) in [6, 6.07) is 6.34. The average Bonchev–Trinajstić information content (AvgIpc) is 3.00. The molecular formula is C14H16N2OS. The molecule has 4 heteroatoms. The van der Waals surface area contributed by atoms with E-state index in [4.69, 9.17) is 0 Å². The minimum Gasteiger partial charge on any atom is -0.356 e. The quantitative estimate of drug-likeness (QED) is 0.918. The number of nitrogens with one attached hydrogen (secondary N) is 1. The summed E-state index contributed by atoms with van der Waals surface area (Å²) in [5, 5.41) is 6.40. The first-order valence-corrected chi connectivity index (χ1v) is 7.23. The molecule has 1 aliphatic carbocycles. The molecule has 1 aromatic heterocycles. The molecule has 94 valence electrons. The molecule has 0 saturated heterocycles. The van der Waals surface area contributed by atoms with Gasteiger partial charge >= 0.3 is 0 Å². The molecule has 0 bridgehead atoms. The molecule has 2 aromatic rings. The van der Waals surface area contributed by atoms with Crippen molar-refractivity contribution in [1.82, 2.24) is 9.69 Å². The van der Waals surface area contributed by atoms with Crippen LogP contribution in [0.2, 0.25) is 0 Å². The van der Waals surface area contributed by atoms with Gasteiger partial charge in [0.15, 0.2) is 0 Å². The van der Waals surface area contributed by atoms with Crippen molar-refractivity contribution >= 4 is 28.3 Å². The molecule has 2 unspecified atom stereocenters. The van der Waals surface area contributed by atoms with E-state index in [0.29, 0.717) is 18.3 Å². The number of nitrogens with zero attached hydrogens (tertiary/aromatic N) is 1. The van der Waals surface area contributed by atoms with Gasteiger partial charge in [0.25, 0.3) is 0 Å². The maximum Gasteiger partial charge on any atom is 0.219 e.